The van der Waals surface area contributed by atoms with Crippen molar-refractivity contribution in [3.8, 4) is 0 Å². The van der Waals surface area contributed by atoms with Gasteiger partial charge >= 0.3 is 0 Å². The molecule has 0 aliphatic carbocycles. The van der Waals surface area contributed by atoms with Gasteiger partial charge in [0.05, 0.1) is 12.3 Å². The molecule has 1 unspecified atom stereocenters. The predicted octanol–water partition coefficient (Wildman–Crippen LogP) is 3.09. The molecular formula is C15H18ClN3O. The molecule has 106 valence electrons. The normalized spacial score (nSPS) is 17.4. The molecule has 0 spiro atoms. The van der Waals surface area contributed by atoms with Crippen molar-refractivity contribution in [2.75, 3.05) is 24.7 Å². The first-order valence-electron chi connectivity index (χ1n) is 6.47. The summed E-state index contributed by atoms with van der Waals surface area (Å²) in [6, 6.07) is 13.8. The average molecular weight is 292 g/mol. The molecule has 4 nitrogen and oxygen atoms in total. The molecule has 0 saturated carbocycles. The molecule has 4 N–H and O–H groups in total. The van der Waals surface area contributed by atoms with Gasteiger partial charge in [-0.05, 0) is 24.1 Å². The molecule has 0 amide bonds. The summed E-state index contributed by atoms with van der Waals surface area (Å²) in [6.45, 7) is 1.84. The zero-order valence-electron chi connectivity index (χ0n) is 11.1. The van der Waals surface area contributed by atoms with Gasteiger partial charge < -0.3 is 16.2 Å². The lowest BCUT2D eigenvalue weighted by Crippen LogP contribution is -1.96. The van der Waals surface area contributed by atoms with Crippen molar-refractivity contribution in [2.45, 2.75) is 12.3 Å². The number of aromatic nitrogens is 1. The Morgan fingerprint density at radius 3 is 2.40 bits per heavy atom. The molecule has 1 aromatic carbocycles. The number of anilines is 2. The molecule has 1 saturated heterocycles. The first kappa shape index (κ1) is 14.6. The van der Waals surface area contributed by atoms with Gasteiger partial charge in [0, 0.05) is 12.5 Å². The topological polar surface area (TPSA) is 74.2 Å². The molecule has 2 heterocycles. The van der Waals surface area contributed by atoms with Crippen molar-refractivity contribution in [3.63, 3.8) is 0 Å². The minimum absolute atomic E-state index is 0.280. The fourth-order valence-corrected chi connectivity index (χ4v) is 2.14. The van der Waals surface area contributed by atoms with E-state index in [1.165, 1.54) is 12.0 Å². The van der Waals surface area contributed by atoms with Crippen LogP contribution in [0.4, 0.5) is 11.5 Å². The van der Waals surface area contributed by atoms with Crippen LogP contribution in [-0.2, 0) is 4.74 Å². The number of hydrogen-bond acceptors (Lipinski definition) is 4. The van der Waals surface area contributed by atoms with Crippen LogP contribution in [0.5, 0.6) is 0 Å². The van der Waals surface area contributed by atoms with Crippen LogP contribution in [0.2, 0.25) is 5.15 Å². The number of halogens is 1. The fraction of sp³-hybridized carbons (Fsp3) is 0.267. The zero-order chi connectivity index (χ0) is 14.4. The number of pyridine rings is 1. The maximum Gasteiger partial charge on any atom is 0.148 e. The molecule has 1 aromatic heterocycles. The van der Waals surface area contributed by atoms with E-state index in [0.717, 1.165) is 13.2 Å². The van der Waals surface area contributed by atoms with Crippen molar-refractivity contribution in [1.29, 1.82) is 0 Å². The van der Waals surface area contributed by atoms with Gasteiger partial charge in [-0.3, -0.25) is 0 Å². The Balaban J connectivity index is 0.000000151. The number of nitrogens with zero attached hydrogens (tertiary/aromatic N) is 1. The smallest absolute Gasteiger partial charge is 0.148 e. The lowest BCUT2D eigenvalue weighted by atomic mass is 9.99. The molecule has 5 heteroatoms. The molecule has 1 aliphatic heterocycles. The highest BCUT2D eigenvalue weighted by atomic mass is 35.5. The van der Waals surface area contributed by atoms with Gasteiger partial charge in [-0.25, -0.2) is 4.98 Å². The van der Waals surface area contributed by atoms with Gasteiger partial charge in [-0.1, -0.05) is 41.9 Å². The Morgan fingerprint density at radius 1 is 1.10 bits per heavy atom. The van der Waals surface area contributed by atoms with E-state index < -0.39 is 0 Å². The molecule has 2 aromatic rings. The van der Waals surface area contributed by atoms with Crippen molar-refractivity contribution < 1.29 is 4.74 Å². The van der Waals surface area contributed by atoms with Crippen molar-refractivity contribution in [1.82, 2.24) is 4.98 Å². The largest absolute Gasteiger partial charge is 0.396 e. The number of ether oxygens (including phenoxy) is 1. The second kappa shape index (κ2) is 7.12. The third-order valence-corrected chi connectivity index (χ3v) is 3.33. The monoisotopic (exact) mass is 291 g/mol. The van der Waals surface area contributed by atoms with Crippen molar-refractivity contribution in [2.24, 2.45) is 0 Å². The number of hydrogen-bond donors (Lipinski definition) is 2. The van der Waals surface area contributed by atoms with Crippen molar-refractivity contribution in [3.05, 3.63) is 53.2 Å². The molecule has 1 atom stereocenters. The van der Waals surface area contributed by atoms with Crippen LogP contribution in [0.3, 0.4) is 0 Å². The standard InChI is InChI=1S/C10H12O.C5H6ClN3/c1-2-4-9(5-3-1)10-6-7-11-8-10;6-4-2-1-3(7)5(8)9-4/h1-5,10H,6-8H2;1-2H,7H2,(H2,8,9). The van der Waals surface area contributed by atoms with E-state index in [4.69, 9.17) is 27.8 Å². The minimum Gasteiger partial charge on any atom is -0.396 e. The summed E-state index contributed by atoms with van der Waals surface area (Å²) in [5.41, 5.74) is 12.5. The van der Waals surface area contributed by atoms with E-state index >= 15 is 0 Å². The number of benzene rings is 1. The highest BCUT2D eigenvalue weighted by molar-refractivity contribution is 6.29. The maximum absolute atomic E-state index is 5.47. The van der Waals surface area contributed by atoms with Crippen LogP contribution in [0.15, 0.2) is 42.5 Å². The highest BCUT2D eigenvalue weighted by Gasteiger charge is 2.16. The SMILES string of the molecule is Nc1ccc(Cl)nc1N.c1ccc(C2CCOC2)cc1. The average Bonchev–Trinajstić information content (AvgIpc) is 2.99. The van der Waals surface area contributed by atoms with Gasteiger partial charge in [-0.15, -0.1) is 0 Å². The van der Waals surface area contributed by atoms with Gasteiger partial charge in [0.1, 0.15) is 11.0 Å². The Morgan fingerprint density at radius 2 is 1.85 bits per heavy atom. The van der Waals surface area contributed by atoms with Gasteiger partial charge in [0.2, 0.25) is 0 Å². The summed E-state index contributed by atoms with van der Waals surface area (Å²) in [5, 5.41) is 0.363. The molecule has 0 bridgehead atoms. The van der Waals surface area contributed by atoms with Crippen molar-refractivity contribution >= 4 is 23.1 Å². The third kappa shape index (κ3) is 4.11. The first-order chi connectivity index (χ1) is 9.66. The van der Waals surface area contributed by atoms with Gasteiger partial charge in [-0.2, -0.15) is 0 Å². The number of nitrogens with two attached hydrogens (primary N) is 2. The Labute approximate surface area is 123 Å². The van der Waals surface area contributed by atoms with Crippen LogP contribution < -0.4 is 11.5 Å². The summed E-state index contributed by atoms with van der Waals surface area (Å²) in [4.78, 5) is 3.69. The summed E-state index contributed by atoms with van der Waals surface area (Å²) in [5.74, 6) is 0.929. The summed E-state index contributed by atoms with van der Waals surface area (Å²) in [7, 11) is 0. The van der Waals surface area contributed by atoms with E-state index in [1.54, 1.807) is 12.1 Å². The van der Waals surface area contributed by atoms with Crippen LogP contribution in [0, 0.1) is 0 Å². The summed E-state index contributed by atoms with van der Waals surface area (Å²) < 4.78 is 5.31. The first-order valence-corrected chi connectivity index (χ1v) is 6.85. The van der Waals surface area contributed by atoms with E-state index in [2.05, 4.69) is 35.3 Å². The van der Waals surface area contributed by atoms with E-state index in [0.29, 0.717) is 16.8 Å². The van der Waals surface area contributed by atoms with E-state index in [-0.39, 0.29) is 5.82 Å². The molecule has 3 rings (SSSR count). The summed E-state index contributed by atoms with van der Waals surface area (Å²) >= 11 is 5.47. The molecule has 0 radical (unpaired) electrons. The molecule has 1 aliphatic rings. The second-order valence-electron chi connectivity index (χ2n) is 4.58. The fourth-order valence-electron chi connectivity index (χ4n) is 1.98. The van der Waals surface area contributed by atoms with Crippen LogP contribution in [0.1, 0.15) is 17.9 Å². The lowest BCUT2D eigenvalue weighted by molar-refractivity contribution is 0.194. The molecule has 1 fully saturated rings. The molecular weight excluding hydrogens is 274 g/mol. The van der Waals surface area contributed by atoms with E-state index in [1.807, 2.05) is 0 Å². The quantitative estimate of drug-likeness (QED) is 0.792. The summed E-state index contributed by atoms with van der Waals surface area (Å²) in [6.07, 6.45) is 1.18. The Kier molecular flexibility index (Phi) is 5.21. The minimum atomic E-state index is 0.280. The lowest BCUT2D eigenvalue weighted by Gasteiger charge is -2.05. The highest BCUT2D eigenvalue weighted by Crippen LogP contribution is 2.24. The second-order valence-corrected chi connectivity index (χ2v) is 4.97. The maximum atomic E-state index is 5.47. The van der Waals surface area contributed by atoms with Crippen LogP contribution >= 0.6 is 11.6 Å². The molecule has 20 heavy (non-hydrogen) atoms. The zero-order valence-corrected chi connectivity index (χ0v) is 11.9. The third-order valence-electron chi connectivity index (χ3n) is 3.12. The number of nitrogen functional groups attached to an aromatic ring is 2. The Bertz CT molecular complexity index is 542. The number of rotatable bonds is 1. The Hall–Kier alpha value is -1.78. The van der Waals surface area contributed by atoms with Crippen LogP contribution in [0.25, 0.3) is 0 Å². The van der Waals surface area contributed by atoms with Crippen LogP contribution in [-0.4, -0.2) is 18.2 Å². The van der Waals surface area contributed by atoms with Gasteiger partial charge in [0.25, 0.3) is 0 Å². The van der Waals surface area contributed by atoms with E-state index in [9.17, 15) is 0 Å². The predicted molar refractivity (Wildman–Crippen MR) is 82.7 cm³/mol. The van der Waals surface area contributed by atoms with Gasteiger partial charge in [0.15, 0.2) is 0 Å².